The quantitative estimate of drug-likeness (QED) is 0.385. The zero-order valence-corrected chi connectivity index (χ0v) is 12.2. The summed E-state index contributed by atoms with van der Waals surface area (Å²) in [7, 11) is 0. The first-order valence-corrected chi connectivity index (χ1v) is 6.80. The number of imidazole rings is 1. The maximum atomic E-state index is 11.6. The Morgan fingerprint density at radius 2 is 1.90 bits per heavy atom. The Labute approximate surface area is 130 Å². The molecule has 0 aliphatic carbocycles. The van der Waals surface area contributed by atoms with E-state index in [2.05, 4.69) is 15.4 Å². The summed E-state index contributed by atoms with van der Waals surface area (Å²) in [5.41, 5.74) is 4.56. The standard InChI is InChI=1S/C14H10Cl2N4O/c15-9-3-1-7(2-4-9)13-18-11-6-8(14(21)20-17)5-10(16)12(11)19-13/h1-6H,17H2,(H,18,19)(H,20,21). The van der Waals surface area contributed by atoms with Gasteiger partial charge in [0.05, 0.1) is 10.5 Å². The van der Waals surface area contributed by atoms with E-state index in [1.165, 1.54) is 6.07 Å². The first kappa shape index (κ1) is 13.9. The van der Waals surface area contributed by atoms with Gasteiger partial charge in [-0.1, -0.05) is 23.2 Å². The van der Waals surface area contributed by atoms with Crippen LogP contribution in [-0.4, -0.2) is 15.9 Å². The maximum Gasteiger partial charge on any atom is 0.265 e. The van der Waals surface area contributed by atoms with E-state index in [9.17, 15) is 4.79 Å². The number of hydrogen-bond donors (Lipinski definition) is 3. The van der Waals surface area contributed by atoms with Gasteiger partial charge in [0, 0.05) is 16.1 Å². The molecule has 0 saturated heterocycles. The van der Waals surface area contributed by atoms with Crippen LogP contribution in [0.25, 0.3) is 22.4 Å². The van der Waals surface area contributed by atoms with Crippen molar-refractivity contribution in [3.63, 3.8) is 0 Å². The predicted octanol–water partition coefficient (Wildman–Crippen LogP) is 3.14. The van der Waals surface area contributed by atoms with E-state index in [1.807, 2.05) is 12.1 Å². The van der Waals surface area contributed by atoms with Crippen LogP contribution in [0.2, 0.25) is 10.0 Å². The zero-order chi connectivity index (χ0) is 15.0. The number of nitrogens with zero attached hydrogens (tertiary/aromatic N) is 1. The highest BCUT2D eigenvalue weighted by Crippen LogP contribution is 2.27. The third kappa shape index (κ3) is 2.58. The largest absolute Gasteiger partial charge is 0.338 e. The van der Waals surface area contributed by atoms with E-state index < -0.39 is 5.91 Å². The summed E-state index contributed by atoms with van der Waals surface area (Å²) >= 11 is 12.0. The lowest BCUT2D eigenvalue weighted by Gasteiger charge is -2.00. The van der Waals surface area contributed by atoms with Gasteiger partial charge in [-0.05, 0) is 36.4 Å². The normalized spacial score (nSPS) is 10.8. The fourth-order valence-electron chi connectivity index (χ4n) is 2.03. The molecule has 0 aliphatic heterocycles. The van der Waals surface area contributed by atoms with Crippen LogP contribution >= 0.6 is 23.2 Å². The van der Waals surface area contributed by atoms with Gasteiger partial charge in [0.15, 0.2) is 0 Å². The van der Waals surface area contributed by atoms with Crippen LogP contribution in [0.5, 0.6) is 0 Å². The number of H-pyrrole nitrogens is 1. The Morgan fingerprint density at radius 3 is 2.57 bits per heavy atom. The Kier molecular flexibility index (Phi) is 3.55. The molecule has 0 unspecified atom stereocenters. The number of benzene rings is 2. The van der Waals surface area contributed by atoms with E-state index in [0.717, 1.165) is 5.56 Å². The van der Waals surface area contributed by atoms with Gasteiger partial charge in [-0.2, -0.15) is 0 Å². The number of rotatable bonds is 2. The van der Waals surface area contributed by atoms with E-state index in [-0.39, 0.29) is 0 Å². The van der Waals surface area contributed by atoms with Gasteiger partial charge in [0.25, 0.3) is 5.91 Å². The van der Waals surface area contributed by atoms with E-state index in [1.54, 1.807) is 18.2 Å². The molecule has 1 aromatic heterocycles. The summed E-state index contributed by atoms with van der Waals surface area (Å²) in [6, 6.07) is 10.4. The van der Waals surface area contributed by atoms with Crippen LogP contribution in [0.15, 0.2) is 36.4 Å². The smallest absolute Gasteiger partial charge is 0.265 e. The topological polar surface area (TPSA) is 83.8 Å². The fourth-order valence-corrected chi connectivity index (χ4v) is 2.42. The molecule has 106 valence electrons. The number of nitrogen functional groups attached to an aromatic ring is 1. The Bertz CT molecular complexity index is 827. The van der Waals surface area contributed by atoms with E-state index >= 15 is 0 Å². The van der Waals surface area contributed by atoms with Crippen molar-refractivity contribution in [3.8, 4) is 11.4 Å². The van der Waals surface area contributed by atoms with Crippen LogP contribution in [0.1, 0.15) is 10.4 Å². The van der Waals surface area contributed by atoms with Gasteiger partial charge in [0.2, 0.25) is 0 Å². The molecule has 1 heterocycles. The molecular formula is C14H10Cl2N4O. The molecule has 0 aliphatic rings. The van der Waals surface area contributed by atoms with Crippen molar-refractivity contribution in [1.29, 1.82) is 0 Å². The molecule has 4 N–H and O–H groups in total. The molecule has 1 amide bonds. The number of nitrogens with two attached hydrogens (primary N) is 1. The van der Waals surface area contributed by atoms with Crippen LogP contribution in [0.4, 0.5) is 0 Å². The number of hydrogen-bond acceptors (Lipinski definition) is 3. The number of fused-ring (bicyclic) bond motifs is 1. The first-order valence-electron chi connectivity index (χ1n) is 6.04. The molecule has 2 aromatic carbocycles. The third-order valence-corrected chi connectivity index (χ3v) is 3.59. The molecule has 0 fully saturated rings. The average Bonchev–Trinajstić information content (AvgIpc) is 2.91. The number of carbonyl (C=O) groups excluding carboxylic acids is 1. The van der Waals surface area contributed by atoms with Crippen molar-refractivity contribution in [1.82, 2.24) is 15.4 Å². The summed E-state index contributed by atoms with van der Waals surface area (Å²) in [4.78, 5) is 19.2. The molecule has 0 radical (unpaired) electrons. The molecule has 0 spiro atoms. The molecule has 0 atom stereocenters. The van der Waals surface area contributed by atoms with Crippen LogP contribution < -0.4 is 11.3 Å². The van der Waals surface area contributed by atoms with Crippen LogP contribution in [0, 0.1) is 0 Å². The second-order valence-electron chi connectivity index (χ2n) is 4.42. The van der Waals surface area contributed by atoms with Crippen molar-refractivity contribution in [2.75, 3.05) is 0 Å². The zero-order valence-electron chi connectivity index (χ0n) is 10.7. The lowest BCUT2D eigenvalue weighted by Crippen LogP contribution is -2.29. The van der Waals surface area contributed by atoms with E-state index in [4.69, 9.17) is 29.0 Å². The number of halogens is 2. The van der Waals surface area contributed by atoms with Crippen molar-refractivity contribution >= 4 is 40.1 Å². The average molecular weight is 321 g/mol. The Morgan fingerprint density at radius 1 is 1.19 bits per heavy atom. The highest BCUT2D eigenvalue weighted by Gasteiger charge is 2.13. The number of nitrogens with one attached hydrogen (secondary N) is 2. The minimum atomic E-state index is -0.415. The minimum Gasteiger partial charge on any atom is -0.338 e. The Hall–Kier alpha value is -2.08. The first-order chi connectivity index (χ1) is 10.1. The molecule has 7 heteroatoms. The molecule has 0 bridgehead atoms. The van der Waals surface area contributed by atoms with Gasteiger partial charge in [0.1, 0.15) is 11.3 Å². The number of carbonyl (C=O) groups is 1. The number of amides is 1. The van der Waals surface area contributed by atoms with Crippen molar-refractivity contribution in [3.05, 3.63) is 52.0 Å². The maximum absolute atomic E-state index is 11.6. The highest BCUT2D eigenvalue weighted by atomic mass is 35.5. The van der Waals surface area contributed by atoms with E-state index in [0.29, 0.717) is 32.5 Å². The predicted molar refractivity (Wildman–Crippen MR) is 83.2 cm³/mol. The monoisotopic (exact) mass is 320 g/mol. The number of aromatic amines is 1. The van der Waals surface area contributed by atoms with Gasteiger partial charge < -0.3 is 4.98 Å². The van der Waals surface area contributed by atoms with Gasteiger partial charge in [-0.15, -0.1) is 0 Å². The summed E-state index contributed by atoms with van der Waals surface area (Å²) < 4.78 is 0. The molecule has 5 nitrogen and oxygen atoms in total. The van der Waals surface area contributed by atoms with Gasteiger partial charge in [-0.3, -0.25) is 10.2 Å². The van der Waals surface area contributed by atoms with Crippen LogP contribution in [-0.2, 0) is 0 Å². The van der Waals surface area contributed by atoms with Gasteiger partial charge >= 0.3 is 0 Å². The number of aromatic nitrogens is 2. The SMILES string of the molecule is NNC(=O)c1cc(Cl)c2nc(-c3ccc(Cl)cc3)[nH]c2c1. The second kappa shape index (κ2) is 5.37. The molecule has 21 heavy (non-hydrogen) atoms. The fraction of sp³-hybridized carbons (Fsp3) is 0. The Balaban J connectivity index is 2.13. The lowest BCUT2D eigenvalue weighted by atomic mass is 10.2. The van der Waals surface area contributed by atoms with Crippen molar-refractivity contribution in [2.45, 2.75) is 0 Å². The summed E-state index contributed by atoms with van der Waals surface area (Å²) in [5.74, 6) is 5.36. The summed E-state index contributed by atoms with van der Waals surface area (Å²) in [5, 5.41) is 1.03. The molecular weight excluding hydrogens is 311 g/mol. The second-order valence-corrected chi connectivity index (χ2v) is 5.26. The van der Waals surface area contributed by atoms with Gasteiger partial charge in [-0.25, -0.2) is 10.8 Å². The van der Waals surface area contributed by atoms with Crippen molar-refractivity contribution < 1.29 is 4.79 Å². The summed E-state index contributed by atoms with van der Waals surface area (Å²) in [6.07, 6.45) is 0. The number of hydrazine groups is 1. The molecule has 3 aromatic rings. The van der Waals surface area contributed by atoms with Crippen LogP contribution in [0.3, 0.4) is 0 Å². The summed E-state index contributed by atoms with van der Waals surface area (Å²) in [6.45, 7) is 0. The highest BCUT2D eigenvalue weighted by molar-refractivity contribution is 6.35. The molecule has 0 saturated carbocycles. The minimum absolute atomic E-state index is 0.362. The van der Waals surface area contributed by atoms with Crippen molar-refractivity contribution in [2.24, 2.45) is 5.84 Å². The lowest BCUT2D eigenvalue weighted by molar-refractivity contribution is 0.0954. The molecule has 3 rings (SSSR count). The third-order valence-electron chi connectivity index (χ3n) is 3.05.